The van der Waals surface area contributed by atoms with Crippen molar-refractivity contribution in [3.05, 3.63) is 41.5 Å². The van der Waals surface area contributed by atoms with Crippen LogP contribution in [0, 0.1) is 5.92 Å². The summed E-state index contributed by atoms with van der Waals surface area (Å²) in [5.74, 6) is 0.577. The molecule has 1 N–H and O–H groups in total. The molecule has 1 aromatic rings. The molecule has 1 amide bonds. The van der Waals surface area contributed by atoms with Crippen molar-refractivity contribution in [2.45, 2.75) is 40.0 Å². The Bertz CT molecular complexity index is 402. The molecule has 1 aromatic carbocycles. The summed E-state index contributed by atoms with van der Waals surface area (Å²) < 4.78 is 0. The van der Waals surface area contributed by atoms with Gasteiger partial charge >= 0.3 is 0 Å². The van der Waals surface area contributed by atoms with Crippen LogP contribution in [-0.2, 0) is 11.2 Å². The smallest absolute Gasteiger partial charge is 0.244 e. The zero-order valence-electron chi connectivity index (χ0n) is 12.3. The van der Waals surface area contributed by atoms with Crippen molar-refractivity contribution >= 4 is 12.0 Å². The van der Waals surface area contributed by atoms with E-state index < -0.39 is 0 Å². The fourth-order valence-corrected chi connectivity index (χ4v) is 1.92. The van der Waals surface area contributed by atoms with Crippen LogP contribution in [0.5, 0.6) is 0 Å². The summed E-state index contributed by atoms with van der Waals surface area (Å²) >= 11 is 0. The van der Waals surface area contributed by atoms with Gasteiger partial charge < -0.3 is 5.32 Å². The maximum absolute atomic E-state index is 11.7. The lowest BCUT2D eigenvalue weighted by Gasteiger charge is -2.11. The van der Waals surface area contributed by atoms with Crippen molar-refractivity contribution in [2.24, 2.45) is 5.92 Å². The molecule has 0 bridgehead atoms. The Balaban J connectivity index is 2.44. The van der Waals surface area contributed by atoms with Crippen molar-refractivity contribution in [3.8, 4) is 0 Å². The largest absolute Gasteiger partial charge is 0.352 e. The van der Waals surface area contributed by atoms with E-state index in [1.54, 1.807) is 6.08 Å². The summed E-state index contributed by atoms with van der Waals surface area (Å²) in [5, 5.41) is 2.95. The van der Waals surface area contributed by atoms with E-state index >= 15 is 0 Å². The molecule has 2 nitrogen and oxygen atoms in total. The normalized spacial score (nSPS) is 11.2. The van der Waals surface area contributed by atoms with E-state index in [9.17, 15) is 4.79 Å². The Morgan fingerprint density at radius 1 is 1.16 bits per heavy atom. The molecule has 2 heteroatoms. The number of benzene rings is 1. The van der Waals surface area contributed by atoms with Crippen LogP contribution >= 0.6 is 0 Å². The van der Waals surface area contributed by atoms with Crippen LogP contribution in [0.15, 0.2) is 30.3 Å². The van der Waals surface area contributed by atoms with Crippen molar-refractivity contribution in [2.75, 3.05) is 6.54 Å². The van der Waals surface area contributed by atoms with Crippen LogP contribution < -0.4 is 5.32 Å². The van der Waals surface area contributed by atoms with Crippen LogP contribution in [0.2, 0.25) is 0 Å². The molecular formula is C17H25NO. The number of hydrogen-bond acceptors (Lipinski definition) is 1. The molecule has 0 aliphatic heterocycles. The van der Waals surface area contributed by atoms with E-state index in [0.717, 1.165) is 31.4 Å². The third-order valence-corrected chi connectivity index (χ3v) is 3.53. The van der Waals surface area contributed by atoms with Gasteiger partial charge in [-0.05, 0) is 29.5 Å². The summed E-state index contributed by atoms with van der Waals surface area (Å²) in [7, 11) is 0. The second-order valence-corrected chi connectivity index (χ2v) is 4.86. The molecule has 104 valence electrons. The molecule has 0 unspecified atom stereocenters. The van der Waals surface area contributed by atoms with Crippen LogP contribution in [-0.4, -0.2) is 12.5 Å². The number of hydrogen-bond donors (Lipinski definition) is 1. The Labute approximate surface area is 116 Å². The highest BCUT2D eigenvalue weighted by molar-refractivity contribution is 5.91. The van der Waals surface area contributed by atoms with Gasteiger partial charge in [0.2, 0.25) is 5.91 Å². The highest BCUT2D eigenvalue weighted by Crippen LogP contribution is 2.07. The summed E-state index contributed by atoms with van der Waals surface area (Å²) in [6.45, 7) is 7.22. The molecule has 0 aliphatic rings. The van der Waals surface area contributed by atoms with E-state index in [1.807, 2.05) is 18.2 Å². The molecule has 0 atom stereocenters. The summed E-state index contributed by atoms with van der Waals surface area (Å²) in [6.07, 6.45) is 6.74. The number of amides is 1. The monoisotopic (exact) mass is 259 g/mol. The van der Waals surface area contributed by atoms with Crippen LogP contribution in [0.25, 0.3) is 6.08 Å². The molecule has 0 saturated carbocycles. The predicted molar refractivity (Wildman–Crippen MR) is 81.9 cm³/mol. The van der Waals surface area contributed by atoms with Crippen LogP contribution in [0.3, 0.4) is 0 Å². The third-order valence-electron chi connectivity index (χ3n) is 3.53. The van der Waals surface area contributed by atoms with E-state index in [1.165, 1.54) is 5.56 Å². The number of carbonyl (C=O) groups is 1. The van der Waals surface area contributed by atoms with Gasteiger partial charge in [0.05, 0.1) is 0 Å². The van der Waals surface area contributed by atoms with Gasteiger partial charge in [-0.3, -0.25) is 4.79 Å². The van der Waals surface area contributed by atoms with Crippen molar-refractivity contribution < 1.29 is 4.79 Å². The van der Waals surface area contributed by atoms with Crippen LogP contribution in [0.4, 0.5) is 0 Å². The third kappa shape index (κ3) is 5.73. The lowest BCUT2D eigenvalue weighted by atomic mass is 10.0. The summed E-state index contributed by atoms with van der Waals surface area (Å²) in [5.41, 5.74) is 2.38. The zero-order valence-corrected chi connectivity index (χ0v) is 12.3. The lowest BCUT2D eigenvalue weighted by Crippen LogP contribution is -2.27. The number of rotatable bonds is 7. The minimum absolute atomic E-state index is 0.00790. The standard InChI is InChI=1S/C17H25NO/c1-4-14(5-2)13-18-17(19)12-11-16-9-7-15(6-3)8-10-16/h7-12,14H,4-6,13H2,1-3H3,(H,18,19)/b12-11+. The highest BCUT2D eigenvalue weighted by atomic mass is 16.1. The Morgan fingerprint density at radius 2 is 1.79 bits per heavy atom. The maximum Gasteiger partial charge on any atom is 0.244 e. The fraction of sp³-hybridized carbons (Fsp3) is 0.471. The molecule has 0 aliphatic carbocycles. The maximum atomic E-state index is 11.7. The van der Waals surface area contributed by atoms with Gasteiger partial charge in [-0.2, -0.15) is 0 Å². The van der Waals surface area contributed by atoms with Crippen molar-refractivity contribution in [3.63, 3.8) is 0 Å². The molecule has 19 heavy (non-hydrogen) atoms. The van der Waals surface area contributed by atoms with Gasteiger partial charge in [0.25, 0.3) is 0 Å². The molecule has 0 heterocycles. The van der Waals surface area contributed by atoms with Crippen molar-refractivity contribution in [1.29, 1.82) is 0 Å². The highest BCUT2D eigenvalue weighted by Gasteiger charge is 2.03. The zero-order chi connectivity index (χ0) is 14.1. The predicted octanol–water partition coefficient (Wildman–Crippen LogP) is 3.81. The first-order valence-corrected chi connectivity index (χ1v) is 7.24. The van der Waals surface area contributed by atoms with E-state index in [0.29, 0.717) is 5.92 Å². The molecule has 0 radical (unpaired) electrons. The average molecular weight is 259 g/mol. The first-order valence-electron chi connectivity index (χ1n) is 7.24. The molecule has 0 fully saturated rings. The second kappa shape index (κ2) is 8.52. The second-order valence-electron chi connectivity index (χ2n) is 4.86. The van der Waals surface area contributed by atoms with Gasteiger partial charge in [-0.15, -0.1) is 0 Å². The topological polar surface area (TPSA) is 29.1 Å². The Kier molecular flexibility index (Phi) is 6.94. The first-order chi connectivity index (χ1) is 9.19. The van der Waals surface area contributed by atoms with Gasteiger partial charge in [-0.25, -0.2) is 0 Å². The minimum atomic E-state index is -0.00790. The van der Waals surface area contributed by atoms with Crippen LogP contribution in [0.1, 0.15) is 44.7 Å². The lowest BCUT2D eigenvalue weighted by molar-refractivity contribution is -0.116. The van der Waals surface area contributed by atoms with E-state index in [2.05, 4.69) is 38.2 Å². The van der Waals surface area contributed by atoms with E-state index in [4.69, 9.17) is 0 Å². The molecule has 0 saturated heterocycles. The molecular weight excluding hydrogens is 234 g/mol. The summed E-state index contributed by atoms with van der Waals surface area (Å²) in [6, 6.07) is 8.29. The van der Waals surface area contributed by atoms with Gasteiger partial charge in [-0.1, -0.05) is 57.9 Å². The van der Waals surface area contributed by atoms with Gasteiger partial charge in [0, 0.05) is 12.6 Å². The Hall–Kier alpha value is -1.57. The molecule has 0 spiro atoms. The van der Waals surface area contributed by atoms with Crippen molar-refractivity contribution in [1.82, 2.24) is 5.32 Å². The van der Waals surface area contributed by atoms with E-state index in [-0.39, 0.29) is 5.91 Å². The number of aryl methyl sites for hydroxylation is 1. The first kappa shape index (κ1) is 15.5. The average Bonchev–Trinajstić information content (AvgIpc) is 2.46. The fourth-order valence-electron chi connectivity index (χ4n) is 1.92. The molecule has 1 rings (SSSR count). The number of carbonyl (C=O) groups excluding carboxylic acids is 1. The minimum Gasteiger partial charge on any atom is -0.352 e. The quantitative estimate of drug-likeness (QED) is 0.741. The number of nitrogens with one attached hydrogen (secondary N) is 1. The SMILES string of the molecule is CCc1ccc(/C=C/C(=O)NCC(CC)CC)cc1. The summed E-state index contributed by atoms with van der Waals surface area (Å²) in [4.78, 5) is 11.7. The Morgan fingerprint density at radius 3 is 2.32 bits per heavy atom. The van der Waals surface area contributed by atoms with Gasteiger partial charge in [0.1, 0.15) is 0 Å². The van der Waals surface area contributed by atoms with Gasteiger partial charge in [0.15, 0.2) is 0 Å². The molecule has 0 aromatic heterocycles.